The second kappa shape index (κ2) is 10.3. The molecule has 0 saturated carbocycles. The lowest BCUT2D eigenvalue weighted by atomic mass is 10.1. The van der Waals surface area contributed by atoms with Gasteiger partial charge in [0, 0.05) is 18.4 Å². The normalized spacial score (nSPS) is 15.3. The Balaban J connectivity index is 1.45. The molecule has 11 heteroatoms. The molecule has 3 aromatic rings. The van der Waals surface area contributed by atoms with Crippen molar-refractivity contribution in [3.05, 3.63) is 73.8 Å². The average Bonchev–Trinajstić information content (AvgIpc) is 3.42. The lowest BCUT2D eigenvalue weighted by Gasteiger charge is -2.17. The molecule has 0 bridgehead atoms. The summed E-state index contributed by atoms with van der Waals surface area (Å²) in [6.07, 6.45) is 0.661. The number of aromatic nitrogens is 1. The monoisotopic (exact) mass is 502 g/mol. The van der Waals surface area contributed by atoms with Gasteiger partial charge in [0.25, 0.3) is 11.5 Å². The van der Waals surface area contributed by atoms with Crippen molar-refractivity contribution < 1.29 is 19.1 Å². The first-order valence-electron chi connectivity index (χ1n) is 10.5. The number of aryl methyl sites for hydroxylation is 1. The Hall–Kier alpha value is -3.34. The maximum atomic E-state index is 12.8. The van der Waals surface area contributed by atoms with E-state index in [0.29, 0.717) is 27.1 Å². The van der Waals surface area contributed by atoms with E-state index in [4.69, 9.17) is 26.8 Å². The maximum Gasteiger partial charge on any atom is 0.414 e. The molecular weight excluding hydrogens is 480 g/mol. The highest BCUT2D eigenvalue weighted by Gasteiger charge is 2.33. The number of nitrogens with zero attached hydrogens (tertiary/aromatic N) is 2. The zero-order valence-corrected chi connectivity index (χ0v) is 19.9. The van der Waals surface area contributed by atoms with Crippen LogP contribution in [0.5, 0.6) is 5.75 Å². The van der Waals surface area contributed by atoms with Gasteiger partial charge in [-0.05, 0) is 55.0 Å². The summed E-state index contributed by atoms with van der Waals surface area (Å²) in [5, 5.41) is 2.77. The Bertz CT molecular complexity index is 1270. The maximum absolute atomic E-state index is 12.8. The van der Waals surface area contributed by atoms with Crippen LogP contribution in [0.15, 0.2) is 53.5 Å². The second-order valence-electron chi connectivity index (χ2n) is 7.59. The highest BCUT2D eigenvalue weighted by Crippen LogP contribution is 2.26. The van der Waals surface area contributed by atoms with E-state index in [1.807, 2.05) is 13.0 Å². The lowest BCUT2D eigenvalue weighted by Crippen LogP contribution is -2.34. The third kappa shape index (κ3) is 5.09. The zero-order valence-electron chi connectivity index (χ0n) is 18.3. The van der Waals surface area contributed by atoms with Gasteiger partial charge in [-0.25, -0.2) is 4.79 Å². The van der Waals surface area contributed by atoms with Gasteiger partial charge in [-0.1, -0.05) is 11.6 Å². The number of halogens is 1. The van der Waals surface area contributed by atoms with E-state index in [-0.39, 0.29) is 36.9 Å². The van der Waals surface area contributed by atoms with Crippen molar-refractivity contribution in [2.75, 3.05) is 31.1 Å². The number of carbonyl (C=O) groups is 2. The number of rotatable bonds is 8. The standard InChI is InChI=1S/C23H23ClN4O5S/c1-14-11-15(4-5-17(14)27-9-2-3-18(22(27)30)32-10-8-25)28-13-16(33-23(28)31)12-26-21(29)19-6-7-20(24)34-19/h2-7,9,11,16H,8,10,12-13,25H2,1H3,(H,26,29)/t16-/m0/s1. The summed E-state index contributed by atoms with van der Waals surface area (Å²) >= 11 is 7.05. The van der Waals surface area contributed by atoms with Crippen LogP contribution < -0.4 is 26.2 Å². The Labute approximate surface area is 204 Å². The molecule has 1 fully saturated rings. The summed E-state index contributed by atoms with van der Waals surface area (Å²) in [5.74, 6) is -0.0519. The Morgan fingerprint density at radius 1 is 1.29 bits per heavy atom. The highest BCUT2D eigenvalue weighted by molar-refractivity contribution is 7.18. The Morgan fingerprint density at radius 3 is 2.82 bits per heavy atom. The third-order valence-electron chi connectivity index (χ3n) is 5.20. The van der Waals surface area contributed by atoms with Gasteiger partial charge in [-0.3, -0.25) is 19.1 Å². The number of ether oxygens (including phenoxy) is 2. The predicted molar refractivity (Wildman–Crippen MR) is 131 cm³/mol. The molecule has 0 unspecified atom stereocenters. The van der Waals surface area contributed by atoms with Gasteiger partial charge in [0.2, 0.25) is 0 Å². The molecule has 34 heavy (non-hydrogen) atoms. The molecule has 1 saturated heterocycles. The Morgan fingerprint density at radius 2 is 2.12 bits per heavy atom. The summed E-state index contributed by atoms with van der Waals surface area (Å²) in [6.45, 7) is 2.87. The van der Waals surface area contributed by atoms with Gasteiger partial charge in [-0.15, -0.1) is 11.3 Å². The molecular formula is C23H23ClN4O5S. The summed E-state index contributed by atoms with van der Waals surface area (Å²) in [6, 6.07) is 11.9. The molecule has 2 aromatic heterocycles. The number of nitrogens with one attached hydrogen (secondary N) is 1. The molecule has 3 N–H and O–H groups in total. The van der Waals surface area contributed by atoms with Crippen molar-refractivity contribution >= 4 is 40.6 Å². The first kappa shape index (κ1) is 23.8. The largest absolute Gasteiger partial charge is 0.487 e. The van der Waals surface area contributed by atoms with Crippen LogP contribution in [-0.2, 0) is 4.74 Å². The molecule has 3 heterocycles. The Kier molecular flexibility index (Phi) is 7.20. The van der Waals surface area contributed by atoms with Crippen LogP contribution in [0.25, 0.3) is 5.69 Å². The van der Waals surface area contributed by atoms with Crippen LogP contribution in [0.4, 0.5) is 10.5 Å². The predicted octanol–water partition coefficient (Wildman–Crippen LogP) is 2.95. The van der Waals surface area contributed by atoms with Crippen LogP contribution in [0.2, 0.25) is 4.34 Å². The van der Waals surface area contributed by atoms with E-state index in [1.54, 1.807) is 42.6 Å². The van der Waals surface area contributed by atoms with Crippen LogP contribution in [0.1, 0.15) is 15.2 Å². The van der Waals surface area contributed by atoms with Crippen molar-refractivity contribution in [1.82, 2.24) is 9.88 Å². The molecule has 4 rings (SSSR count). The molecule has 0 spiro atoms. The number of nitrogens with two attached hydrogens (primary N) is 1. The van der Waals surface area contributed by atoms with Crippen LogP contribution >= 0.6 is 22.9 Å². The van der Waals surface area contributed by atoms with Crippen LogP contribution in [-0.4, -0.2) is 48.9 Å². The van der Waals surface area contributed by atoms with Gasteiger partial charge in [0.15, 0.2) is 5.75 Å². The molecule has 1 aliphatic rings. The van der Waals surface area contributed by atoms with Crippen LogP contribution in [0, 0.1) is 6.92 Å². The number of benzene rings is 1. The first-order valence-corrected chi connectivity index (χ1v) is 11.7. The van der Waals surface area contributed by atoms with Crippen molar-refractivity contribution in [3.63, 3.8) is 0 Å². The number of hydrogen-bond acceptors (Lipinski definition) is 7. The van der Waals surface area contributed by atoms with Gasteiger partial charge >= 0.3 is 6.09 Å². The minimum absolute atomic E-state index is 0.179. The van der Waals surface area contributed by atoms with Gasteiger partial charge < -0.3 is 20.5 Å². The lowest BCUT2D eigenvalue weighted by molar-refractivity contribution is 0.0920. The van der Waals surface area contributed by atoms with E-state index in [9.17, 15) is 14.4 Å². The fourth-order valence-electron chi connectivity index (χ4n) is 3.59. The van der Waals surface area contributed by atoms with E-state index in [0.717, 1.165) is 5.56 Å². The number of amides is 2. The molecule has 0 radical (unpaired) electrons. The topological polar surface area (TPSA) is 116 Å². The molecule has 178 valence electrons. The quantitative estimate of drug-likeness (QED) is 0.489. The highest BCUT2D eigenvalue weighted by atomic mass is 35.5. The molecule has 2 amide bonds. The fourth-order valence-corrected chi connectivity index (χ4v) is 4.55. The van der Waals surface area contributed by atoms with Crippen molar-refractivity contribution in [2.45, 2.75) is 13.0 Å². The van der Waals surface area contributed by atoms with Gasteiger partial charge in [0.1, 0.15) is 12.7 Å². The van der Waals surface area contributed by atoms with Gasteiger partial charge in [0.05, 0.1) is 28.0 Å². The number of hydrogen-bond donors (Lipinski definition) is 2. The van der Waals surface area contributed by atoms with Gasteiger partial charge in [-0.2, -0.15) is 0 Å². The van der Waals surface area contributed by atoms with E-state index >= 15 is 0 Å². The van der Waals surface area contributed by atoms with Crippen molar-refractivity contribution in [1.29, 1.82) is 0 Å². The summed E-state index contributed by atoms with van der Waals surface area (Å²) < 4.78 is 12.9. The minimum atomic E-state index is -0.500. The second-order valence-corrected chi connectivity index (χ2v) is 9.30. The molecule has 0 aliphatic carbocycles. The first-order chi connectivity index (χ1) is 16.4. The molecule has 1 atom stereocenters. The number of carbonyl (C=O) groups excluding carboxylic acids is 2. The fraction of sp³-hybridized carbons (Fsp3) is 0.261. The number of pyridine rings is 1. The third-order valence-corrected chi connectivity index (χ3v) is 6.43. The smallest absolute Gasteiger partial charge is 0.414 e. The van der Waals surface area contributed by atoms with E-state index in [1.165, 1.54) is 20.8 Å². The van der Waals surface area contributed by atoms with Crippen molar-refractivity contribution in [2.24, 2.45) is 5.73 Å². The summed E-state index contributed by atoms with van der Waals surface area (Å²) in [7, 11) is 0. The van der Waals surface area contributed by atoms with E-state index in [2.05, 4.69) is 5.32 Å². The minimum Gasteiger partial charge on any atom is -0.487 e. The molecule has 9 nitrogen and oxygen atoms in total. The van der Waals surface area contributed by atoms with Crippen LogP contribution in [0.3, 0.4) is 0 Å². The number of cyclic esters (lactones) is 1. The SMILES string of the molecule is Cc1cc(N2C[C@H](CNC(=O)c3ccc(Cl)s3)OC2=O)ccc1-n1cccc(OCCN)c1=O. The summed E-state index contributed by atoms with van der Waals surface area (Å²) in [5.41, 5.74) is 7.25. The average molecular weight is 503 g/mol. The van der Waals surface area contributed by atoms with Crippen molar-refractivity contribution in [3.8, 4) is 11.4 Å². The molecule has 1 aliphatic heterocycles. The van der Waals surface area contributed by atoms with E-state index < -0.39 is 12.2 Å². The number of anilines is 1. The zero-order chi connectivity index (χ0) is 24.2. The summed E-state index contributed by atoms with van der Waals surface area (Å²) in [4.78, 5) is 39.4. The number of thiophene rings is 1. The molecule has 1 aromatic carbocycles.